The van der Waals surface area contributed by atoms with E-state index in [1.165, 1.54) is 0 Å². The number of carboxylic acids is 1. The van der Waals surface area contributed by atoms with Gasteiger partial charge in [-0.3, -0.25) is 4.79 Å². The molecule has 1 aromatic carbocycles. The first-order chi connectivity index (χ1) is 10.7. The first-order valence-electron chi connectivity index (χ1n) is 6.39. The molecule has 0 aliphatic carbocycles. The molecule has 0 aliphatic heterocycles. The lowest BCUT2D eigenvalue weighted by molar-refractivity contribution is -0.192. The number of H-pyrrole nitrogens is 1. The van der Waals surface area contributed by atoms with Gasteiger partial charge in [0.05, 0.1) is 12.6 Å². The number of carboxylic acid groups (broad SMARTS) is 1. The van der Waals surface area contributed by atoms with Gasteiger partial charge in [0.2, 0.25) is 0 Å². The molecule has 0 saturated heterocycles. The van der Waals surface area contributed by atoms with Crippen molar-refractivity contribution in [3.63, 3.8) is 0 Å². The van der Waals surface area contributed by atoms with Gasteiger partial charge in [0.15, 0.2) is 0 Å². The van der Waals surface area contributed by atoms with E-state index in [0.717, 1.165) is 16.7 Å². The number of aliphatic carboxylic acids is 1. The van der Waals surface area contributed by atoms with Crippen molar-refractivity contribution in [3.8, 4) is 5.75 Å². The molecule has 0 spiro atoms. The number of methoxy groups -OCH3 is 1. The Kier molecular flexibility index (Phi) is 6.14. The van der Waals surface area contributed by atoms with Crippen molar-refractivity contribution in [2.24, 2.45) is 5.73 Å². The number of halogens is 3. The van der Waals surface area contributed by atoms with Crippen molar-refractivity contribution in [3.05, 3.63) is 40.2 Å². The number of nitrogens with two attached hydrogens (primary N) is 1. The molecule has 0 atom stereocenters. The molecule has 9 heteroatoms. The van der Waals surface area contributed by atoms with Crippen LogP contribution in [0, 0.1) is 0 Å². The normalized spacial score (nSPS) is 10.8. The molecular weight excluding hydrogens is 317 g/mol. The molecular formula is C14H15F3N2O4. The topological polar surface area (TPSA) is 105 Å². The van der Waals surface area contributed by atoms with Crippen LogP contribution in [-0.4, -0.2) is 35.9 Å². The van der Waals surface area contributed by atoms with Crippen molar-refractivity contribution in [2.75, 3.05) is 13.7 Å². The molecule has 0 saturated carbocycles. The lowest BCUT2D eigenvalue weighted by Crippen LogP contribution is -2.21. The van der Waals surface area contributed by atoms with Crippen LogP contribution in [-0.2, 0) is 11.2 Å². The summed E-state index contributed by atoms with van der Waals surface area (Å²) in [4.78, 5) is 23.4. The van der Waals surface area contributed by atoms with E-state index in [1.807, 2.05) is 24.3 Å². The number of alkyl halides is 3. The summed E-state index contributed by atoms with van der Waals surface area (Å²) in [5.41, 5.74) is 6.86. The van der Waals surface area contributed by atoms with Gasteiger partial charge >= 0.3 is 12.1 Å². The quantitative estimate of drug-likeness (QED) is 0.793. The Hall–Kier alpha value is -2.55. The maximum Gasteiger partial charge on any atom is 0.490 e. The number of nitrogens with one attached hydrogen (secondary N) is 1. The van der Waals surface area contributed by atoms with E-state index < -0.39 is 12.1 Å². The van der Waals surface area contributed by atoms with Crippen molar-refractivity contribution in [1.29, 1.82) is 0 Å². The van der Waals surface area contributed by atoms with Gasteiger partial charge in [-0.15, -0.1) is 0 Å². The zero-order valence-electron chi connectivity index (χ0n) is 12.1. The fourth-order valence-electron chi connectivity index (χ4n) is 1.76. The first kappa shape index (κ1) is 18.5. The predicted octanol–water partition coefficient (Wildman–Crippen LogP) is 1.67. The van der Waals surface area contributed by atoms with E-state index in [4.69, 9.17) is 20.4 Å². The zero-order valence-corrected chi connectivity index (χ0v) is 12.1. The summed E-state index contributed by atoms with van der Waals surface area (Å²) in [6.07, 6.45) is -4.51. The fraction of sp³-hybridized carbons (Fsp3) is 0.286. The van der Waals surface area contributed by atoms with Gasteiger partial charge in [0, 0.05) is 10.9 Å². The second kappa shape index (κ2) is 7.63. The highest BCUT2D eigenvalue weighted by molar-refractivity contribution is 5.85. The van der Waals surface area contributed by atoms with Crippen molar-refractivity contribution in [2.45, 2.75) is 12.6 Å². The van der Waals surface area contributed by atoms with Crippen LogP contribution < -0.4 is 16.0 Å². The number of pyridine rings is 1. The smallest absolute Gasteiger partial charge is 0.490 e. The number of ether oxygens (including phenoxy) is 1. The minimum atomic E-state index is -5.08. The molecule has 126 valence electrons. The lowest BCUT2D eigenvalue weighted by Gasteiger charge is -2.06. The van der Waals surface area contributed by atoms with Crippen LogP contribution in [0.5, 0.6) is 5.75 Å². The maximum absolute atomic E-state index is 11.7. The maximum atomic E-state index is 11.7. The van der Waals surface area contributed by atoms with E-state index in [-0.39, 0.29) is 5.56 Å². The fourth-order valence-corrected chi connectivity index (χ4v) is 1.76. The minimum absolute atomic E-state index is 0.0776. The van der Waals surface area contributed by atoms with Crippen LogP contribution in [0.25, 0.3) is 10.9 Å². The molecule has 4 N–H and O–H groups in total. The van der Waals surface area contributed by atoms with Crippen LogP contribution in [0.2, 0.25) is 0 Å². The number of hydrogen-bond donors (Lipinski definition) is 3. The average Bonchev–Trinajstić information content (AvgIpc) is 2.47. The van der Waals surface area contributed by atoms with Gasteiger partial charge in [-0.05, 0) is 31.2 Å². The minimum Gasteiger partial charge on any atom is -0.496 e. The highest BCUT2D eigenvalue weighted by Gasteiger charge is 2.38. The highest BCUT2D eigenvalue weighted by atomic mass is 19.4. The van der Waals surface area contributed by atoms with E-state index in [1.54, 1.807) is 7.11 Å². The second-order valence-corrected chi connectivity index (χ2v) is 4.39. The Labute approximate surface area is 128 Å². The van der Waals surface area contributed by atoms with Gasteiger partial charge in [0.25, 0.3) is 5.56 Å². The van der Waals surface area contributed by atoms with Crippen LogP contribution >= 0.6 is 0 Å². The van der Waals surface area contributed by atoms with Gasteiger partial charge in [-0.1, -0.05) is 6.07 Å². The van der Waals surface area contributed by atoms with Gasteiger partial charge in [0.1, 0.15) is 5.75 Å². The van der Waals surface area contributed by atoms with Crippen LogP contribution in [0.3, 0.4) is 0 Å². The molecule has 0 fully saturated rings. The molecule has 0 radical (unpaired) electrons. The number of aromatic nitrogens is 1. The monoisotopic (exact) mass is 332 g/mol. The molecule has 1 aromatic heterocycles. The Balaban J connectivity index is 0.000000322. The van der Waals surface area contributed by atoms with Gasteiger partial charge in [-0.2, -0.15) is 13.2 Å². The third-order valence-electron chi connectivity index (χ3n) is 2.80. The number of carbonyl (C=O) groups is 1. The van der Waals surface area contributed by atoms with Crippen molar-refractivity contribution >= 4 is 16.9 Å². The third kappa shape index (κ3) is 4.99. The number of rotatable bonds is 3. The molecule has 1 heterocycles. The van der Waals surface area contributed by atoms with Gasteiger partial charge < -0.3 is 20.6 Å². The number of aromatic amines is 1. The van der Waals surface area contributed by atoms with Gasteiger partial charge in [-0.25, -0.2) is 4.79 Å². The van der Waals surface area contributed by atoms with Crippen molar-refractivity contribution < 1.29 is 27.8 Å². The van der Waals surface area contributed by atoms with E-state index in [2.05, 4.69) is 4.98 Å². The standard InChI is InChI=1S/C12H14N2O2.C2HF3O2/c1-16-11-4-2-3-10-9(11)7-8(5-6-13)12(15)14-10;3-2(4,5)1(6)7/h2-4,7H,5-6,13H2,1H3,(H,14,15);(H,6,7). The Bertz CT molecular complexity index is 741. The summed E-state index contributed by atoms with van der Waals surface area (Å²) in [6, 6.07) is 7.41. The highest BCUT2D eigenvalue weighted by Crippen LogP contribution is 2.23. The van der Waals surface area contributed by atoms with E-state index >= 15 is 0 Å². The summed E-state index contributed by atoms with van der Waals surface area (Å²) in [6.45, 7) is 0.462. The van der Waals surface area contributed by atoms with Crippen LogP contribution in [0.4, 0.5) is 13.2 Å². The van der Waals surface area contributed by atoms with E-state index in [9.17, 15) is 18.0 Å². The lowest BCUT2D eigenvalue weighted by atomic mass is 10.1. The number of benzene rings is 1. The molecule has 0 amide bonds. The molecule has 2 rings (SSSR count). The zero-order chi connectivity index (χ0) is 17.6. The number of hydrogen-bond acceptors (Lipinski definition) is 4. The van der Waals surface area contributed by atoms with Crippen LogP contribution in [0.1, 0.15) is 5.56 Å². The summed E-state index contributed by atoms with van der Waals surface area (Å²) >= 11 is 0. The second-order valence-electron chi connectivity index (χ2n) is 4.39. The SMILES string of the molecule is COc1cccc2[nH]c(=O)c(CCN)cc12.O=C(O)C(F)(F)F. The molecule has 6 nitrogen and oxygen atoms in total. The molecule has 2 aromatic rings. The third-order valence-corrected chi connectivity index (χ3v) is 2.80. The summed E-state index contributed by atoms with van der Waals surface area (Å²) < 4.78 is 37.0. The molecule has 0 aliphatic rings. The first-order valence-corrected chi connectivity index (χ1v) is 6.39. The molecule has 23 heavy (non-hydrogen) atoms. The van der Waals surface area contributed by atoms with Crippen molar-refractivity contribution in [1.82, 2.24) is 4.98 Å². The Morgan fingerprint density at radius 2 is 2.00 bits per heavy atom. The van der Waals surface area contributed by atoms with E-state index in [0.29, 0.717) is 18.5 Å². The summed E-state index contributed by atoms with van der Waals surface area (Å²) in [7, 11) is 1.61. The van der Waals surface area contributed by atoms with Crippen LogP contribution in [0.15, 0.2) is 29.1 Å². The Morgan fingerprint density at radius 1 is 1.39 bits per heavy atom. The summed E-state index contributed by atoms with van der Waals surface area (Å²) in [5.74, 6) is -2.00. The largest absolute Gasteiger partial charge is 0.496 e. The Morgan fingerprint density at radius 3 is 2.48 bits per heavy atom. The number of fused-ring (bicyclic) bond motifs is 1. The predicted molar refractivity (Wildman–Crippen MR) is 77.6 cm³/mol. The summed E-state index contributed by atoms with van der Waals surface area (Å²) in [5, 5.41) is 8.04. The average molecular weight is 332 g/mol. The molecule has 0 bridgehead atoms. The molecule has 0 unspecified atom stereocenters.